The van der Waals surface area contributed by atoms with Gasteiger partial charge in [0.25, 0.3) is 0 Å². The van der Waals surface area contributed by atoms with Gasteiger partial charge < -0.3 is 0 Å². The number of hydrogen-bond acceptors (Lipinski definition) is 0. The standard InChI is InChI=1S/C26H24Si/c1-27(2)26-17-24-22-13-12-19-10-6-7-11-20(19)21(22)14-15-23(24)25(26)16-18-8-4-3-5-9-18/h3-15,17,25,27H,16H2,1-2H3. The molecule has 0 bridgehead atoms. The van der Waals surface area contributed by atoms with E-state index in [4.69, 9.17) is 0 Å². The molecule has 0 nitrogen and oxygen atoms in total. The Kier molecular flexibility index (Phi) is 3.98. The monoisotopic (exact) mass is 364 g/mol. The fourth-order valence-electron chi connectivity index (χ4n) is 4.69. The Morgan fingerprint density at radius 2 is 1.44 bits per heavy atom. The first kappa shape index (κ1) is 16.5. The van der Waals surface area contributed by atoms with Crippen molar-refractivity contribution in [2.75, 3.05) is 0 Å². The van der Waals surface area contributed by atoms with Gasteiger partial charge in [0, 0.05) is 5.92 Å². The van der Waals surface area contributed by atoms with E-state index in [2.05, 4.69) is 98.0 Å². The normalized spacial score (nSPS) is 16.1. The van der Waals surface area contributed by atoms with Crippen LogP contribution in [0.3, 0.4) is 0 Å². The first-order valence-corrected chi connectivity index (χ1v) is 12.8. The van der Waals surface area contributed by atoms with Crippen LogP contribution < -0.4 is 0 Å². The molecule has 0 saturated heterocycles. The molecule has 0 radical (unpaired) electrons. The average Bonchev–Trinajstić information content (AvgIpc) is 3.07. The molecule has 1 unspecified atom stereocenters. The molecule has 1 aliphatic rings. The molecule has 0 aliphatic heterocycles. The first-order valence-electron chi connectivity index (χ1n) is 9.92. The highest BCUT2D eigenvalue weighted by Crippen LogP contribution is 2.43. The summed E-state index contributed by atoms with van der Waals surface area (Å²) in [6, 6.07) is 29.1. The summed E-state index contributed by atoms with van der Waals surface area (Å²) >= 11 is 0. The Hall–Kier alpha value is -2.64. The van der Waals surface area contributed by atoms with E-state index in [9.17, 15) is 0 Å². The van der Waals surface area contributed by atoms with Gasteiger partial charge in [-0.05, 0) is 44.7 Å². The topological polar surface area (TPSA) is 0 Å². The van der Waals surface area contributed by atoms with Crippen LogP contribution in [-0.2, 0) is 6.42 Å². The largest absolute Gasteiger partial charge is 0.0763 e. The minimum absolute atomic E-state index is 0.546. The SMILES string of the molecule is C[SiH](C)C1=Cc2c(ccc3c2ccc2ccccc23)C1Cc1ccccc1. The smallest absolute Gasteiger partial charge is 0.0604 e. The van der Waals surface area contributed by atoms with Crippen LogP contribution in [0.1, 0.15) is 22.6 Å². The van der Waals surface area contributed by atoms with E-state index in [1.54, 1.807) is 5.20 Å². The van der Waals surface area contributed by atoms with Crippen LogP contribution in [0, 0.1) is 0 Å². The fourth-order valence-corrected chi connectivity index (χ4v) is 6.29. The van der Waals surface area contributed by atoms with Crippen molar-refractivity contribution in [1.29, 1.82) is 0 Å². The van der Waals surface area contributed by atoms with E-state index in [0.29, 0.717) is 5.92 Å². The number of benzene rings is 4. The van der Waals surface area contributed by atoms with Gasteiger partial charge >= 0.3 is 0 Å². The summed E-state index contributed by atoms with van der Waals surface area (Å²) in [6.45, 7) is 4.93. The minimum atomic E-state index is -0.877. The zero-order valence-corrected chi connectivity index (χ0v) is 17.1. The predicted octanol–water partition coefficient (Wildman–Crippen LogP) is 6.74. The van der Waals surface area contributed by atoms with Crippen molar-refractivity contribution >= 4 is 36.4 Å². The maximum atomic E-state index is 2.54. The Labute approximate surface area is 162 Å². The molecule has 1 aliphatic carbocycles. The lowest BCUT2D eigenvalue weighted by Crippen LogP contribution is -2.13. The van der Waals surface area contributed by atoms with Crippen LogP contribution in [0.2, 0.25) is 13.1 Å². The van der Waals surface area contributed by atoms with Gasteiger partial charge in [0.05, 0.1) is 8.80 Å². The molecule has 0 aromatic heterocycles. The van der Waals surface area contributed by atoms with Gasteiger partial charge in [0.1, 0.15) is 0 Å². The van der Waals surface area contributed by atoms with Crippen molar-refractivity contribution < 1.29 is 0 Å². The second-order valence-corrected chi connectivity index (χ2v) is 11.0. The van der Waals surface area contributed by atoms with E-state index in [1.165, 1.54) is 38.2 Å². The summed E-state index contributed by atoms with van der Waals surface area (Å²) in [5, 5.41) is 7.18. The number of hydrogen-bond donors (Lipinski definition) is 0. The van der Waals surface area contributed by atoms with Gasteiger partial charge in [0.2, 0.25) is 0 Å². The molecule has 0 spiro atoms. The van der Waals surface area contributed by atoms with Crippen LogP contribution in [0.4, 0.5) is 0 Å². The molecule has 27 heavy (non-hydrogen) atoms. The van der Waals surface area contributed by atoms with Gasteiger partial charge in [-0.15, -0.1) is 0 Å². The van der Waals surface area contributed by atoms with Crippen molar-refractivity contribution in [3.8, 4) is 0 Å². The van der Waals surface area contributed by atoms with Gasteiger partial charge in [0.15, 0.2) is 0 Å². The molecule has 0 N–H and O–H groups in total. The van der Waals surface area contributed by atoms with Crippen LogP contribution in [0.15, 0.2) is 84.1 Å². The molecule has 5 rings (SSSR count). The molecular weight excluding hydrogens is 340 g/mol. The Morgan fingerprint density at radius 1 is 0.704 bits per heavy atom. The lowest BCUT2D eigenvalue weighted by Gasteiger charge is -2.20. The summed E-state index contributed by atoms with van der Waals surface area (Å²) in [7, 11) is -0.877. The third-order valence-electron chi connectivity index (χ3n) is 6.04. The maximum Gasteiger partial charge on any atom is 0.0604 e. The van der Waals surface area contributed by atoms with Crippen LogP contribution in [0.5, 0.6) is 0 Å². The van der Waals surface area contributed by atoms with E-state index in [1.807, 2.05) is 0 Å². The lowest BCUT2D eigenvalue weighted by molar-refractivity contribution is 0.834. The second kappa shape index (κ2) is 6.51. The molecule has 4 aromatic carbocycles. The van der Waals surface area contributed by atoms with Gasteiger partial charge in [-0.3, -0.25) is 0 Å². The average molecular weight is 365 g/mol. The zero-order chi connectivity index (χ0) is 18.4. The van der Waals surface area contributed by atoms with Gasteiger partial charge in [-0.25, -0.2) is 0 Å². The van der Waals surface area contributed by atoms with Crippen molar-refractivity contribution in [3.63, 3.8) is 0 Å². The molecule has 0 amide bonds. The fraction of sp³-hybridized carbons (Fsp3) is 0.154. The van der Waals surface area contributed by atoms with Crippen molar-refractivity contribution in [2.45, 2.75) is 25.4 Å². The Balaban J connectivity index is 1.70. The van der Waals surface area contributed by atoms with Crippen molar-refractivity contribution in [2.24, 2.45) is 0 Å². The second-order valence-electron chi connectivity index (χ2n) is 7.99. The summed E-state index contributed by atoms with van der Waals surface area (Å²) in [5.41, 5.74) is 4.43. The summed E-state index contributed by atoms with van der Waals surface area (Å²) in [6.07, 6.45) is 3.65. The predicted molar refractivity (Wildman–Crippen MR) is 121 cm³/mol. The summed E-state index contributed by atoms with van der Waals surface area (Å²) < 4.78 is 0. The summed E-state index contributed by atoms with van der Waals surface area (Å²) in [5.74, 6) is 0.546. The van der Waals surface area contributed by atoms with Gasteiger partial charge in [-0.2, -0.15) is 0 Å². The molecule has 0 saturated carbocycles. The third kappa shape index (κ3) is 2.74. The Bertz CT molecular complexity index is 1170. The molecule has 1 atom stereocenters. The van der Waals surface area contributed by atoms with E-state index < -0.39 is 8.80 Å². The number of rotatable bonds is 3. The van der Waals surface area contributed by atoms with Crippen molar-refractivity contribution in [1.82, 2.24) is 0 Å². The lowest BCUT2D eigenvalue weighted by atomic mass is 9.90. The van der Waals surface area contributed by atoms with E-state index >= 15 is 0 Å². The van der Waals surface area contributed by atoms with Gasteiger partial charge in [-0.1, -0.05) is 103 Å². The molecule has 0 heterocycles. The number of fused-ring (bicyclic) bond motifs is 5. The van der Waals surface area contributed by atoms with E-state index in [0.717, 1.165) is 6.42 Å². The first-order chi connectivity index (χ1) is 13.2. The molecule has 132 valence electrons. The molecule has 0 fully saturated rings. The molecule has 4 aromatic rings. The summed E-state index contributed by atoms with van der Waals surface area (Å²) in [4.78, 5) is 0. The highest BCUT2D eigenvalue weighted by atomic mass is 28.3. The van der Waals surface area contributed by atoms with E-state index in [-0.39, 0.29) is 0 Å². The van der Waals surface area contributed by atoms with Crippen molar-refractivity contribution in [3.05, 3.63) is 101 Å². The minimum Gasteiger partial charge on any atom is -0.0763 e. The zero-order valence-electron chi connectivity index (χ0n) is 15.9. The third-order valence-corrected chi connectivity index (χ3v) is 7.94. The quantitative estimate of drug-likeness (QED) is 0.279. The molecular formula is C26H24Si. The Morgan fingerprint density at radius 3 is 2.26 bits per heavy atom. The van der Waals surface area contributed by atoms with Crippen LogP contribution in [-0.4, -0.2) is 8.80 Å². The van der Waals surface area contributed by atoms with Crippen LogP contribution >= 0.6 is 0 Å². The molecule has 1 heteroatoms. The highest BCUT2D eigenvalue weighted by Gasteiger charge is 2.28. The van der Waals surface area contributed by atoms with Crippen LogP contribution in [0.25, 0.3) is 27.6 Å². The highest BCUT2D eigenvalue weighted by molar-refractivity contribution is 6.65. The number of allylic oxidation sites excluding steroid dienone is 1. The maximum absolute atomic E-state index is 2.54.